The van der Waals surface area contributed by atoms with Gasteiger partial charge in [0.2, 0.25) is 0 Å². The molecule has 2 rings (SSSR count). The summed E-state index contributed by atoms with van der Waals surface area (Å²) in [5.41, 5.74) is 3.30. The quantitative estimate of drug-likeness (QED) is 0.673. The zero-order valence-electron chi connectivity index (χ0n) is 7.00. The second-order valence-electron chi connectivity index (χ2n) is 2.86. The van der Waals surface area contributed by atoms with Crippen molar-refractivity contribution in [1.82, 2.24) is 9.38 Å². The number of pyridine rings is 1. The van der Waals surface area contributed by atoms with E-state index >= 15 is 0 Å². The molecule has 0 atom stereocenters. The molecule has 2 heterocycles. The van der Waals surface area contributed by atoms with E-state index in [2.05, 4.69) is 32.2 Å². The van der Waals surface area contributed by atoms with Crippen molar-refractivity contribution >= 4 is 21.6 Å². The summed E-state index contributed by atoms with van der Waals surface area (Å²) in [5, 5.41) is 0. The van der Waals surface area contributed by atoms with Gasteiger partial charge in [0.15, 0.2) is 0 Å². The molecule has 0 saturated carbocycles. The average molecular weight is 225 g/mol. The van der Waals surface area contributed by atoms with Crippen LogP contribution in [0.5, 0.6) is 0 Å². The third-order valence-corrected chi connectivity index (χ3v) is 2.56. The third kappa shape index (κ3) is 1.05. The monoisotopic (exact) mass is 224 g/mol. The number of halogens is 1. The van der Waals surface area contributed by atoms with Gasteiger partial charge < -0.3 is 4.40 Å². The van der Waals surface area contributed by atoms with Crippen LogP contribution in [0.3, 0.4) is 0 Å². The Morgan fingerprint density at radius 3 is 2.92 bits per heavy atom. The van der Waals surface area contributed by atoms with Gasteiger partial charge in [-0.2, -0.15) is 0 Å². The van der Waals surface area contributed by atoms with Crippen LogP contribution in [0, 0.1) is 13.8 Å². The highest BCUT2D eigenvalue weighted by atomic mass is 79.9. The molecular formula is C9H9BrN2. The van der Waals surface area contributed by atoms with Crippen LogP contribution in [0.4, 0.5) is 0 Å². The van der Waals surface area contributed by atoms with Gasteiger partial charge in [-0.05, 0) is 26.0 Å². The molecule has 2 aromatic rings. The predicted molar refractivity (Wildman–Crippen MR) is 52.4 cm³/mol. The molecule has 0 radical (unpaired) electrons. The second-order valence-corrected chi connectivity index (χ2v) is 3.77. The van der Waals surface area contributed by atoms with Crippen molar-refractivity contribution in [3.05, 3.63) is 34.2 Å². The molecule has 62 valence electrons. The van der Waals surface area contributed by atoms with E-state index < -0.39 is 0 Å². The summed E-state index contributed by atoms with van der Waals surface area (Å²) in [7, 11) is 0. The number of imidazole rings is 1. The lowest BCUT2D eigenvalue weighted by Crippen LogP contribution is -1.85. The van der Waals surface area contributed by atoms with Crippen molar-refractivity contribution < 1.29 is 0 Å². The molecule has 0 saturated heterocycles. The number of aromatic nitrogens is 2. The molecule has 2 aromatic heterocycles. The standard InChI is InChI=1S/C9H9BrN2/c1-6-7(2)12-4-3-8(10)5-9(12)11-6/h3-5H,1-2H3. The van der Waals surface area contributed by atoms with Gasteiger partial charge in [-0.25, -0.2) is 4.98 Å². The van der Waals surface area contributed by atoms with E-state index in [1.54, 1.807) is 0 Å². The van der Waals surface area contributed by atoms with Crippen LogP contribution in [-0.4, -0.2) is 9.38 Å². The molecule has 0 N–H and O–H groups in total. The number of hydrogen-bond donors (Lipinski definition) is 0. The second kappa shape index (κ2) is 2.59. The maximum Gasteiger partial charge on any atom is 0.138 e. The number of nitrogens with zero attached hydrogens (tertiary/aromatic N) is 2. The molecule has 0 aliphatic carbocycles. The summed E-state index contributed by atoms with van der Waals surface area (Å²) in [4.78, 5) is 4.41. The Kier molecular flexibility index (Phi) is 1.68. The van der Waals surface area contributed by atoms with Gasteiger partial charge >= 0.3 is 0 Å². The van der Waals surface area contributed by atoms with Gasteiger partial charge in [-0.15, -0.1) is 0 Å². The lowest BCUT2D eigenvalue weighted by atomic mass is 10.4. The Morgan fingerprint density at radius 2 is 2.17 bits per heavy atom. The van der Waals surface area contributed by atoms with E-state index in [1.807, 2.05) is 25.3 Å². The molecule has 0 spiro atoms. The van der Waals surface area contributed by atoms with Crippen molar-refractivity contribution in [2.24, 2.45) is 0 Å². The zero-order chi connectivity index (χ0) is 8.72. The van der Waals surface area contributed by atoms with Gasteiger partial charge in [0, 0.05) is 16.4 Å². The Labute approximate surface area is 79.4 Å². The maximum absolute atomic E-state index is 4.41. The van der Waals surface area contributed by atoms with E-state index in [4.69, 9.17) is 0 Å². The predicted octanol–water partition coefficient (Wildman–Crippen LogP) is 2.71. The van der Waals surface area contributed by atoms with Crippen molar-refractivity contribution in [3.63, 3.8) is 0 Å². The van der Waals surface area contributed by atoms with Crippen LogP contribution >= 0.6 is 15.9 Å². The van der Waals surface area contributed by atoms with Crippen LogP contribution in [0.25, 0.3) is 5.65 Å². The molecule has 0 aromatic carbocycles. The highest BCUT2D eigenvalue weighted by Crippen LogP contribution is 2.15. The highest BCUT2D eigenvalue weighted by Gasteiger charge is 2.02. The minimum Gasteiger partial charge on any atom is -0.304 e. The Morgan fingerprint density at radius 1 is 1.42 bits per heavy atom. The molecule has 0 unspecified atom stereocenters. The van der Waals surface area contributed by atoms with Gasteiger partial charge in [0.05, 0.1) is 5.69 Å². The minimum atomic E-state index is 0.999. The van der Waals surface area contributed by atoms with E-state index in [0.717, 1.165) is 15.8 Å². The largest absolute Gasteiger partial charge is 0.304 e. The Balaban J connectivity index is 2.87. The van der Waals surface area contributed by atoms with Crippen molar-refractivity contribution in [3.8, 4) is 0 Å². The summed E-state index contributed by atoms with van der Waals surface area (Å²) in [6, 6.07) is 4.03. The minimum absolute atomic E-state index is 0.999. The summed E-state index contributed by atoms with van der Waals surface area (Å²) >= 11 is 3.41. The van der Waals surface area contributed by atoms with Crippen LogP contribution in [0.2, 0.25) is 0 Å². The first-order valence-electron chi connectivity index (χ1n) is 3.79. The normalized spacial score (nSPS) is 10.9. The Bertz CT molecular complexity index is 431. The smallest absolute Gasteiger partial charge is 0.138 e. The first kappa shape index (κ1) is 7.80. The lowest BCUT2D eigenvalue weighted by Gasteiger charge is -1.95. The van der Waals surface area contributed by atoms with Crippen LogP contribution in [0.1, 0.15) is 11.4 Å². The Hall–Kier alpha value is -0.830. The van der Waals surface area contributed by atoms with Gasteiger partial charge in [-0.1, -0.05) is 15.9 Å². The van der Waals surface area contributed by atoms with Crippen molar-refractivity contribution in [1.29, 1.82) is 0 Å². The maximum atomic E-state index is 4.41. The fraction of sp³-hybridized carbons (Fsp3) is 0.222. The van der Waals surface area contributed by atoms with E-state index in [1.165, 1.54) is 5.69 Å². The zero-order valence-corrected chi connectivity index (χ0v) is 8.59. The van der Waals surface area contributed by atoms with Crippen molar-refractivity contribution in [2.45, 2.75) is 13.8 Å². The van der Waals surface area contributed by atoms with Crippen LogP contribution in [0.15, 0.2) is 22.8 Å². The topological polar surface area (TPSA) is 17.3 Å². The average Bonchev–Trinajstić information content (AvgIpc) is 2.28. The summed E-state index contributed by atoms with van der Waals surface area (Å²) in [6.07, 6.45) is 2.02. The third-order valence-electron chi connectivity index (χ3n) is 2.06. The van der Waals surface area contributed by atoms with Gasteiger partial charge in [0.25, 0.3) is 0 Å². The summed E-state index contributed by atoms with van der Waals surface area (Å²) in [6.45, 7) is 4.10. The van der Waals surface area contributed by atoms with Gasteiger partial charge in [-0.3, -0.25) is 0 Å². The fourth-order valence-corrected chi connectivity index (χ4v) is 1.58. The molecule has 0 fully saturated rings. The summed E-state index contributed by atoms with van der Waals surface area (Å²) < 4.78 is 3.15. The van der Waals surface area contributed by atoms with E-state index in [-0.39, 0.29) is 0 Å². The number of aryl methyl sites for hydroxylation is 2. The molecule has 0 aliphatic heterocycles. The van der Waals surface area contributed by atoms with E-state index in [9.17, 15) is 0 Å². The highest BCUT2D eigenvalue weighted by molar-refractivity contribution is 9.10. The molecule has 12 heavy (non-hydrogen) atoms. The van der Waals surface area contributed by atoms with E-state index in [0.29, 0.717) is 0 Å². The first-order valence-corrected chi connectivity index (χ1v) is 4.58. The number of fused-ring (bicyclic) bond motifs is 1. The lowest BCUT2D eigenvalue weighted by molar-refractivity contribution is 1.09. The fourth-order valence-electron chi connectivity index (χ4n) is 1.26. The molecule has 3 heteroatoms. The first-order chi connectivity index (χ1) is 5.68. The number of rotatable bonds is 0. The van der Waals surface area contributed by atoms with Gasteiger partial charge in [0.1, 0.15) is 5.65 Å². The molecule has 0 aliphatic rings. The SMILES string of the molecule is Cc1nc2cc(Br)ccn2c1C. The van der Waals surface area contributed by atoms with Crippen LogP contribution in [-0.2, 0) is 0 Å². The van der Waals surface area contributed by atoms with Crippen molar-refractivity contribution in [2.75, 3.05) is 0 Å². The molecule has 0 bridgehead atoms. The molecule has 2 nitrogen and oxygen atoms in total. The molecular weight excluding hydrogens is 216 g/mol. The summed E-state index contributed by atoms with van der Waals surface area (Å²) in [5.74, 6) is 0. The number of hydrogen-bond acceptors (Lipinski definition) is 1. The molecule has 0 amide bonds. The van der Waals surface area contributed by atoms with Crippen LogP contribution < -0.4 is 0 Å².